The van der Waals surface area contributed by atoms with Crippen molar-refractivity contribution in [3.05, 3.63) is 88.9 Å². The second-order valence-electron chi connectivity index (χ2n) is 7.73. The first-order valence-electron chi connectivity index (χ1n) is 10.2. The molecule has 31 heavy (non-hydrogen) atoms. The molecular formula is C25H21NO5. The summed E-state index contributed by atoms with van der Waals surface area (Å²) in [6.07, 6.45) is 1.72. The maximum atomic E-state index is 13.1. The molecule has 1 N–H and O–H groups in total. The van der Waals surface area contributed by atoms with E-state index in [-0.39, 0.29) is 11.3 Å². The van der Waals surface area contributed by atoms with Crippen LogP contribution < -0.4 is 9.64 Å². The molecule has 6 heteroatoms. The Morgan fingerprint density at radius 2 is 1.87 bits per heavy atom. The minimum atomic E-state index is -0.858. The maximum absolute atomic E-state index is 13.1. The van der Waals surface area contributed by atoms with Gasteiger partial charge in [0.15, 0.2) is 0 Å². The Bertz CT molecular complexity index is 1210. The zero-order chi connectivity index (χ0) is 21.5. The molecule has 1 saturated heterocycles. The van der Waals surface area contributed by atoms with Crippen molar-refractivity contribution in [2.45, 2.75) is 25.8 Å². The predicted molar refractivity (Wildman–Crippen MR) is 115 cm³/mol. The summed E-state index contributed by atoms with van der Waals surface area (Å²) < 4.78 is 11.5. The predicted octanol–water partition coefficient (Wildman–Crippen LogP) is 4.54. The largest absolute Gasteiger partial charge is 0.507 e. The monoisotopic (exact) mass is 415 g/mol. The molecular weight excluding hydrogens is 394 g/mol. The van der Waals surface area contributed by atoms with Crippen LogP contribution in [-0.4, -0.2) is 23.4 Å². The number of furan rings is 1. The van der Waals surface area contributed by atoms with Gasteiger partial charge in [0, 0.05) is 11.3 Å². The van der Waals surface area contributed by atoms with Crippen molar-refractivity contribution in [3.8, 4) is 5.75 Å². The number of carbonyl (C=O) groups excluding carboxylic acids is 2. The van der Waals surface area contributed by atoms with Gasteiger partial charge in [0.25, 0.3) is 11.7 Å². The number of ether oxygens (including phenoxy) is 1. The van der Waals surface area contributed by atoms with E-state index < -0.39 is 17.7 Å². The molecule has 1 fully saturated rings. The summed E-state index contributed by atoms with van der Waals surface area (Å²) in [6, 6.07) is 16.9. The summed E-state index contributed by atoms with van der Waals surface area (Å²) >= 11 is 0. The Kier molecular flexibility index (Phi) is 4.62. The van der Waals surface area contributed by atoms with E-state index >= 15 is 0 Å². The number of aliphatic hydroxyl groups is 1. The van der Waals surface area contributed by atoms with Crippen LogP contribution >= 0.6 is 0 Å². The first-order valence-corrected chi connectivity index (χ1v) is 10.2. The fourth-order valence-corrected chi connectivity index (χ4v) is 4.22. The topological polar surface area (TPSA) is 80.0 Å². The number of amides is 1. The summed E-state index contributed by atoms with van der Waals surface area (Å²) in [5.74, 6) is 0.195. The van der Waals surface area contributed by atoms with Gasteiger partial charge in [-0.1, -0.05) is 18.2 Å². The van der Waals surface area contributed by atoms with Gasteiger partial charge in [-0.25, -0.2) is 0 Å². The number of anilines is 1. The number of rotatable bonds is 3. The molecule has 5 rings (SSSR count). The van der Waals surface area contributed by atoms with E-state index in [1.54, 1.807) is 55.5 Å². The molecule has 3 aromatic rings. The van der Waals surface area contributed by atoms with Crippen molar-refractivity contribution in [1.82, 2.24) is 0 Å². The lowest BCUT2D eigenvalue weighted by Crippen LogP contribution is -2.29. The molecule has 6 nitrogen and oxygen atoms in total. The van der Waals surface area contributed by atoms with E-state index in [2.05, 4.69) is 0 Å². The molecule has 1 atom stereocenters. The van der Waals surface area contributed by atoms with Gasteiger partial charge in [0.05, 0.1) is 12.2 Å². The number of hydrogen-bond donors (Lipinski definition) is 1. The van der Waals surface area contributed by atoms with Crippen molar-refractivity contribution in [2.24, 2.45) is 0 Å². The first kappa shape index (κ1) is 19.2. The van der Waals surface area contributed by atoms with Crippen LogP contribution in [0.2, 0.25) is 0 Å². The average Bonchev–Trinajstić information content (AvgIpc) is 3.34. The average molecular weight is 415 g/mol. The van der Waals surface area contributed by atoms with E-state index in [0.29, 0.717) is 29.4 Å². The van der Waals surface area contributed by atoms with Gasteiger partial charge in [0.1, 0.15) is 29.1 Å². The molecule has 0 spiro atoms. The van der Waals surface area contributed by atoms with Gasteiger partial charge >= 0.3 is 0 Å². The normalized spacial score (nSPS) is 19.9. The fraction of sp³-hybridized carbons (Fsp3) is 0.200. The van der Waals surface area contributed by atoms with Gasteiger partial charge < -0.3 is 14.3 Å². The molecule has 0 bridgehead atoms. The van der Waals surface area contributed by atoms with E-state index in [1.165, 1.54) is 4.90 Å². The second-order valence-corrected chi connectivity index (χ2v) is 7.73. The lowest BCUT2D eigenvalue weighted by Gasteiger charge is -2.23. The lowest BCUT2D eigenvalue weighted by molar-refractivity contribution is -0.132. The summed E-state index contributed by atoms with van der Waals surface area (Å²) in [5.41, 5.74) is 2.02. The van der Waals surface area contributed by atoms with Crippen molar-refractivity contribution in [1.29, 1.82) is 0 Å². The van der Waals surface area contributed by atoms with Gasteiger partial charge in [0.2, 0.25) is 0 Å². The zero-order valence-electron chi connectivity index (χ0n) is 17.0. The smallest absolute Gasteiger partial charge is 0.300 e. The molecule has 0 saturated carbocycles. The van der Waals surface area contributed by atoms with Crippen molar-refractivity contribution < 1.29 is 23.8 Å². The SMILES string of the molecule is Cc1ccc(C2/C(=C(/O)c3ccc4c(c3)CCCO4)C(=O)C(=O)N2c2ccccc2)o1. The number of benzene rings is 2. The third kappa shape index (κ3) is 3.20. The molecule has 3 heterocycles. The number of Topliss-reactive ketones (excluding diaryl/α,β-unsaturated/α-hetero) is 1. The number of aliphatic hydroxyl groups excluding tert-OH is 1. The van der Waals surface area contributed by atoms with Gasteiger partial charge in [-0.3, -0.25) is 14.5 Å². The van der Waals surface area contributed by atoms with Crippen LogP contribution in [0, 0.1) is 6.92 Å². The van der Waals surface area contributed by atoms with Crippen molar-refractivity contribution in [3.63, 3.8) is 0 Å². The minimum Gasteiger partial charge on any atom is -0.507 e. The molecule has 2 aromatic carbocycles. The van der Waals surface area contributed by atoms with Crippen molar-refractivity contribution >= 4 is 23.1 Å². The summed E-state index contributed by atoms with van der Waals surface area (Å²) in [4.78, 5) is 27.5. The number of carbonyl (C=O) groups is 2. The molecule has 2 aliphatic heterocycles. The highest BCUT2D eigenvalue weighted by Crippen LogP contribution is 2.43. The van der Waals surface area contributed by atoms with Crippen molar-refractivity contribution in [2.75, 3.05) is 11.5 Å². The Morgan fingerprint density at radius 3 is 2.61 bits per heavy atom. The summed E-state index contributed by atoms with van der Waals surface area (Å²) in [5, 5.41) is 11.2. The molecule has 156 valence electrons. The van der Waals surface area contributed by atoms with Crippen LogP contribution in [0.4, 0.5) is 5.69 Å². The van der Waals surface area contributed by atoms with Gasteiger partial charge in [-0.15, -0.1) is 0 Å². The van der Waals surface area contributed by atoms with Crippen LogP contribution in [0.5, 0.6) is 5.75 Å². The lowest BCUT2D eigenvalue weighted by atomic mass is 9.96. The maximum Gasteiger partial charge on any atom is 0.300 e. The number of para-hydroxylation sites is 1. The number of aryl methyl sites for hydroxylation is 2. The third-order valence-corrected chi connectivity index (χ3v) is 5.69. The van der Waals surface area contributed by atoms with Crippen LogP contribution in [-0.2, 0) is 16.0 Å². The van der Waals surface area contributed by atoms with Crippen LogP contribution in [0.3, 0.4) is 0 Å². The molecule has 1 unspecified atom stereocenters. The van der Waals surface area contributed by atoms with Crippen LogP contribution in [0.25, 0.3) is 5.76 Å². The van der Waals surface area contributed by atoms with Gasteiger partial charge in [-0.05, 0) is 67.8 Å². The second kappa shape index (κ2) is 7.47. The number of nitrogens with zero attached hydrogens (tertiary/aromatic N) is 1. The summed E-state index contributed by atoms with van der Waals surface area (Å²) in [7, 11) is 0. The number of fused-ring (bicyclic) bond motifs is 1. The molecule has 1 amide bonds. The standard InChI is InChI=1S/C25H21NO5/c1-15-9-11-20(31-15)22-21(24(28)25(29)26(22)18-7-3-2-4-8-18)23(27)17-10-12-19-16(14-17)6-5-13-30-19/h2-4,7-12,14,22,27H,5-6,13H2,1H3/b23-21-. The Hall–Kier alpha value is -3.80. The van der Waals surface area contributed by atoms with E-state index in [9.17, 15) is 14.7 Å². The third-order valence-electron chi connectivity index (χ3n) is 5.69. The molecule has 0 aliphatic carbocycles. The van der Waals surface area contributed by atoms with E-state index in [4.69, 9.17) is 9.15 Å². The molecule has 2 aliphatic rings. The Balaban J connectivity index is 1.68. The Morgan fingerprint density at radius 1 is 1.06 bits per heavy atom. The quantitative estimate of drug-likeness (QED) is 0.386. The van der Waals surface area contributed by atoms with Crippen LogP contribution in [0.15, 0.2) is 70.7 Å². The van der Waals surface area contributed by atoms with E-state index in [1.807, 2.05) is 12.1 Å². The molecule has 0 radical (unpaired) electrons. The highest BCUT2D eigenvalue weighted by Gasteiger charge is 2.48. The van der Waals surface area contributed by atoms with Crippen LogP contribution in [0.1, 0.15) is 35.1 Å². The van der Waals surface area contributed by atoms with Gasteiger partial charge in [-0.2, -0.15) is 0 Å². The number of ketones is 1. The highest BCUT2D eigenvalue weighted by atomic mass is 16.5. The van der Waals surface area contributed by atoms with E-state index in [0.717, 1.165) is 24.2 Å². The first-order chi connectivity index (χ1) is 15.0. The zero-order valence-corrected chi connectivity index (χ0v) is 17.0. The Labute approximate surface area is 179 Å². The highest BCUT2D eigenvalue weighted by molar-refractivity contribution is 6.51. The fourth-order valence-electron chi connectivity index (χ4n) is 4.22. The number of hydrogen-bond acceptors (Lipinski definition) is 5. The summed E-state index contributed by atoms with van der Waals surface area (Å²) in [6.45, 7) is 2.46. The molecule has 1 aromatic heterocycles. The minimum absolute atomic E-state index is 0.0138.